The summed E-state index contributed by atoms with van der Waals surface area (Å²) in [4.78, 5) is 2.38. The van der Waals surface area contributed by atoms with Crippen molar-refractivity contribution in [2.45, 2.75) is 44.4 Å². The first kappa shape index (κ1) is 12.8. The quantitative estimate of drug-likeness (QED) is 0.907. The summed E-state index contributed by atoms with van der Waals surface area (Å²) in [6, 6.07) is 6.72. The van der Waals surface area contributed by atoms with E-state index in [1.165, 1.54) is 5.56 Å². The van der Waals surface area contributed by atoms with Crippen LogP contribution in [0, 0.1) is 0 Å². The van der Waals surface area contributed by atoms with Gasteiger partial charge in [-0.2, -0.15) is 0 Å². The topological polar surface area (TPSA) is 41.9 Å². The maximum Gasteiger partial charge on any atom is 0.231 e. The van der Waals surface area contributed by atoms with Crippen LogP contribution in [-0.2, 0) is 6.54 Å². The van der Waals surface area contributed by atoms with Crippen molar-refractivity contribution in [2.24, 2.45) is 0 Å². The number of fused-ring (bicyclic) bond motifs is 1. The molecular formula is C15H21NO3. The SMILES string of the molecule is CN(Cc1ccc2c(c1)OCO2)C1CCC(O)CC1. The lowest BCUT2D eigenvalue weighted by molar-refractivity contribution is 0.0818. The van der Waals surface area contributed by atoms with E-state index < -0.39 is 0 Å². The zero-order chi connectivity index (χ0) is 13.2. The van der Waals surface area contributed by atoms with Crippen LogP contribution in [0.4, 0.5) is 0 Å². The van der Waals surface area contributed by atoms with Gasteiger partial charge in [0.25, 0.3) is 0 Å². The first-order valence-corrected chi connectivity index (χ1v) is 6.99. The summed E-state index contributed by atoms with van der Waals surface area (Å²) >= 11 is 0. The Morgan fingerprint density at radius 3 is 2.68 bits per heavy atom. The van der Waals surface area contributed by atoms with E-state index in [0.29, 0.717) is 12.8 Å². The standard InChI is InChI=1S/C15H21NO3/c1-16(12-3-5-13(17)6-4-12)9-11-2-7-14-15(8-11)19-10-18-14/h2,7-8,12-13,17H,3-6,9-10H2,1H3. The van der Waals surface area contributed by atoms with Gasteiger partial charge in [-0.05, 0) is 50.4 Å². The summed E-state index contributed by atoms with van der Waals surface area (Å²) in [7, 11) is 2.16. The summed E-state index contributed by atoms with van der Waals surface area (Å²) < 4.78 is 10.7. The molecule has 1 fully saturated rings. The van der Waals surface area contributed by atoms with Crippen molar-refractivity contribution in [3.63, 3.8) is 0 Å². The van der Waals surface area contributed by atoms with Gasteiger partial charge in [0.05, 0.1) is 6.10 Å². The monoisotopic (exact) mass is 263 g/mol. The molecule has 1 heterocycles. The van der Waals surface area contributed by atoms with Crippen molar-refractivity contribution in [1.82, 2.24) is 4.90 Å². The van der Waals surface area contributed by atoms with Gasteiger partial charge in [0.1, 0.15) is 0 Å². The third-order valence-electron chi connectivity index (χ3n) is 4.16. The number of nitrogens with zero attached hydrogens (tertiary/aromatic N) is 1. The molecule has 0 atom stereocenters. The number of hydrogen-bond acceptors (Lipinski definition) is 4. The van der Waals surface area contributed by atoms with E-state index >= 15 is 0 Å². The molecule has 104 valence electrons. The van der Waals surface area contributed by atoms with Gasteiger partial charge in [0.2, 0.25) is 6.79 Å². The van der Waals surface area contributed by atoms with Gasteiger partial charge in [-0.1, -0.05) is 6.07 Å². The molecule has 1 aromatic rings. The van der Waals surface area contributed by atoms with E-state index in [-0.39, 0.29) is 6.10 Å². The smallest absolute Gasteiger partial charge is 0.231 e. The molecule has 1 aliphatic heterocycles. The molecule has 0 spiro atoms. The number of hydrogen-bond donors (Lipinski definition) is 1. The minimum Gasteiger partial charge on any atom is -0.454 e. The highest BCUT2D eigenvalue weighted by Crippen LogP contribution is 2.33. The average Bonchev–Trinajstić information content (AvgIpc) is 2.87. The fourth-order valence-corrected chi connectivity index (χ4v) is 2.96. The molecule has 1 saturated carbocycles. The van der Waals surface area contributed by atoms with Gasteiger partial charge in [0.15, 0.2) is 11.5 Å². The van der Waals surface area contributed by atoms with Crippen molar-refractivity contribution in [1.29, 1.82) is 0 Å². The summed E-state index contributed by atoms with van der Waals surface area (Å²) in [5.74, 6) is 1.69. The van der Waals surface area contributed by atoms with Crippen molar-refractivity contribution in [2.75, 3.05) is 13.8 Å². The summed E-state index contributed by atoms with van der Waals surface area (Å²) in [6.07, 6.45) is 3.94. The van der Waals surface area contributed by atoms with Crippen LogP contribution in [0.2, 0.25) is 0 Å². The molecule has 2 aliphatic rings. The molecule has 19 heavy (non-hydrogen) atoms. The third-order valence-corrected chi connectivity index (χ3v) is 4.16. The zero-order valence-electron chi connectivity index (χ0n) is 11.3. The van der Waals surface area contributed by atoms with E-state index in [4.69, 9.17) is 9.47 Å². The van der Waals surface area contributed by atoms with Crippen LogP contribution in [0.25, 0.3) is 0 Å². The van der Waals surface area contributed by atoms with Crippen molar-refractivity contribution in [3.05, 3.63) is 23.8 Å². The minimum atomic E-state index is -0.0878. The largest absolute Gasteiger partial charge is 0.454 e. The molecule has 0 bridgehead atoms. The van der Waals surface area contributed by atoms with Gasteiger partial charge in [-0.3, -0.25) is 4.90 Å². The van der Waals surface area contributed by atoms with Gasteiger partial charge < -0.3 is 14.6 Å². The van der Waals surface area contributed by atoms with Crippen LogP contribution >= 0.6 is 0 Å². The van der Waals surface area contributed by atoms with E-state index in [2.05, 4.69) is 24.1 Å². The Morgan fingerprint density at radius 2 is 1.89 bits per heavy atom. The Labute approximate surface area is 113 Å². The average molecular weight is 263 g/mol. The highest BCUT2D eigenvalue weighted by molar-refractivity contribution is 5.44. The van der Waals surface area contributed by atoms with Crippen LogP contribution in [0.3, 0.4) is 0 Å². The summed E-state index contributed by atoms with van der Waals surface area (Å²) in [6.45, 7) is 1.24. The normalized spacial score (nSPS) is 25.8. The molecular weight excluding hydrogens is 242 g/mol. The zero-order valence-corrected chi connectivity index (χ0v) is 11.3. The molecule has 0 unspecified atom stereocenters. The molecule has 4 nitrogen and oxygen atoms in total. The molecule has 4 heteroatoms. The van der Waals surface area contributed by atoms with E-state index in [0.717, 1.165) is 43.7 Å². The first-order chi connectivity index (χ1) is 9.22. The maximum absolute atomic E-state index is 9.56. The lowest BCUT2D eigenvalue weighted by atomic mass is 9.92. The van der Waals surface area contributed by atoms with Gasteiger partial charge in [-0.15, -0.1) is 0 Å². The Kier molecular flexibility index (Phi) is 3.62. The van der Waals surface area contributed by atoms with Crippen molar-refractivity contribution < 1.29 is 14.6 Å². The van der Waals surface area contributed by atoms with E-state index in [1.54, 1.807) is 0 Å². The number of ether oxygens (including phenoxy) is 2. The Morgan fingerprint density at radius 1 is 1.16 bits per heavy atom. The second-order valence-electron chi connectivity index (χ2n) is 5.57. The van der Waals surface area contributed by atoms with Crippen molar-refractivity contribution >= 4 is 0 Å². The van der Waals surface area contributed by atoms with Gasteiger partial charge in [-0.25, -0.2) is 0 Å². The number of rotatable bonds is 3. The van der Waals surface area contributed by atoms with Crippen LogP contribution < -0.4 is 9.47 Å². The summed E-state index contributed by atoms with van der Waals surface area (Å²) in [5, 5.41) is 9.56. The van der Waals surface area contributed by atoms with Crippen LogP contribution in [0.15, 0.2) is 18.2 Å². The summed E-state index contributed by atoms with van der Waals surface area (Å²) in [5.41, 5.74) is 1.25. The molecule has 1 aromatic carbocycles. The lowest BCUT2D eigenvalue weighted by Gasteiger charge is -2.33. The molecule has 0 radical (unpaired) electrons. The Balaban J connectivity index is 1.61. The van der Waals surface area contributed by atoms with Gasteiger partial charge >= 0.3 is 0 Å². The lowest BCUT2D eigenvalue weighted by Crippen LogP contribution is -2.35. The highest BCUT2D eigenvalue weighted by atomic mass is 16.7. The highest BCUT2D eigenvalue weighted by Gasteiger charge is 2.23. The molecule has 0 saturated heterocycles. The number of aliphatic hydroxyl groups is 1. The molecule has 1 N–H and O–H groups in total. The molecule has 0 aromatic heterocycles. The van der Waals surface area contributed by atoms with Gasteiger partial charge in [0, 0.05) is 12.6 Å². The van der Waals surface area contributed by atoms with Crippen molar-refractivity contribution in [3.8, 4) is 11.5 Å². The van der Waals surface area contributed by atoms with Crippen LogP contribution in [0.1, 0.15) is 31.2 Å². The number of benzene rings is 1. The number of aliphatic hydroxyl groups excluding tert-OH is 1. The Hall–Kier alpha value is -1.26. The van der Waals surface area contributed by atoms with Crippen LogP contribution in [-0.4, -0.2) is 36.0 Å². The molecule has 3 rings (SSSR count). The van der Waals surface area contributed by atoms with E-state index in [1.807, 2.05) is 6.07 Å². The fraction of sp³-hybridized carbons (Fsp3) is 0.600. The molecule has 0 amide bonds. The van der Waals surface area contributed by atoms with E-state index in [9.17, 15) is 5.11 Å². The fourth-order valence-electron chi connectivity index (χ4n) is 2.96. The molecule has 1 aliphatic carbocycles. The minimum absolute atomic E-state index is 0.0878. The first-order valence-electron chi connectivity index (χ1n) is 6.99. The third kappa shape index (κ3) is 2.85. The Bertz CT molecular complexity index is 441. The predicted molar refractivity (Wildman–Crippen MR) is 72.3 cm³/mol. The second-order valence-corrected chi connectivity index (χ2v) is 5.57. The van der Waals surface area contributed by atoms with Crippen LogP contribution in [0.5, 0.6) is 11.5 Å². The second kappa shape index (κ2) is 5.39. The maximum atomic E-state index is 9.56. The predicted octanol–water partition coefficient (Wildman–Crippen LogP) is 2.15.